The number of nitrogens with one attached hydrogen (secondary N) is 2. The van der Waals surface area contributed by atoms with E-state index in [4.69, 9.17) is 5.11 Å². The molecule has 1 atom stereocenters. The molecule has 0 aromatic heterocycles. The third-order valence-corrected chi connectivity index (χ3v) is 4.70. The molecular formula is C12H20N2O5S. The van der Waals surface area contributed by atoms with E-state index in [0.29, 0.717) is 6.54 Å². The van der Waals surface area contributed by atoms with Crippen molar-refractivity contribution in [2.24, 2.45) is 0 Å². The van der Waals surface area contributed by atoms with E-state index in [2.05, 4.69) is 15.4 Å². The minimum absolute atomic E-state index is 0.00307. The minimum atomic E-state index is -1.17. The first-order valence-electron chi connectivity index (χ1n) is 6.31. The molecular weight excluding hydrogens is 284 g/mol. The number of hydrogen-bond donors (Lipinski definition) is 3. The van der Waals surface area contributed by atoms with Gasteiger partial charge in [-0.15, -0.1) is 0 Å². The molecule has 0 aromatic carbocycles. The van der Waals surface area contributed by atoms with Crippen molar-refractivity contribution in [2.45, 2.75) is 36.5 Å². The molecule has 8 heteroatoms. The van der Waals surface area contributed by atoms with Crippen LogP contribution in [0.1, 0.15) is 25.7 Å². The van der Waals surface area contributed by atoms with Crippen LogP contribution < -0.4 is 10.6 Å². The molecule has 0 bridgehead atoms. The Bertz CT molecular complexity index is 384. The molecule has 3 N–H and O–H groups in total. The maximum atomic E-state index is 11.7. The Morgan fingerprint density at radius 1 is 1.40 bits per heavy atom. The third-order valence-electron chi connectivity index (χ3n) is 3.28. The van der Waals surface area contributed by atoms with E-state index in [9.17, 15) is 14.4 Å². The fourth-order valence-electron chi connectivity index (χ4n) is 1.66. The lowest BCUT2D eigenvalue weighted by Gasteiger charge is -2.17. The van der Waals surface area contributed by atoms with E-state index in [-0.39, 0.29) is 17.6 Å². The van der Waals surface area contributed by atoms with Gasteiger partial charge >= 0.3 is 18.0 Å². The summed E-state index contributed by atoms with van der Waals surface area (Å²) in [6.45, 7) is 0.517. The fourth-order valence-corrected chi connectivity index (χ4v) is 2.39. The number of rotatable bonds is 8. The SMILES string of the molecule is COC(=O)CC[C@@H](NC(=O)NCC1(SC)CC1)C(=O)O. The first-order valence-corrected chi connectivity index (χ1v) is 7.54. The van der Waals surface area contributed by atoms with E-state index in [1.807, 2.05) is 6.26 Å². The number of carboxylic acids is 1. The van der Waals surface area contributed by atoms with Crippen molar-refractivity contribution < 1.29 is 24.2 Å². The number of ether oxygens (including phenoxy) is 1. The summed E-state index contributed by atoms with van der Waals surface area (Å²) in [5.41, 5.74) is 0. The van der Waals surface area contributed by atoms with Crippen molar-refractivity contribution in [3.05, 3.63) is 0 Å². The average Bonchev–Trinajstić information content (AvgIpc) is 3.21. The Morgan fingerprint density at radius 3 is 2.50 bits per heavy atom. The molecule has 1 aliphatic rings. The summed E-state index contributed by atoms with van der Waals surface area (Å²) < 4.78 is 4.55. The molecule has 20 heavy (non-hydrogen) atoms. The Labute approximate surface area is 121 Å². The highest BCUT2D eigenvalue weighted by Gasteiger charge is 2.42. The number of esters is 1. The van der Waals surface area contributed by atoms with E-state index in [0.717, 1.165) is 12.8 Å². The second-order valence-electron chi connectivity index (χ2n) is 4.72. The van der Waals surface area contributed by atoms with Crippen LogP contribution in [0.5, 0.6) is 0 Å². The molecule has 1 fully saturated rings. The summed E-state index contributed by atoms with van der Waals surface area (Å²) in [6, 6.07) is -1.62. The highest BCUT2D eigenvalue weighted by Crippen LogP contribution is 2.46. The summed E-state index contributed by atoms with van der Waals surface area (Å²) in [6.07, 6.45) is 4.05. The van der Waals surface area contributed by atoms with Gasteiger partial charge in [-0.1, -0.05) is 0 Å². The standard InChI is InChI=1S/C12H20N2O5S/c1-19-9(15)4-3-8(10(16)17)14-11(18)13-7-12(20-2)5-6-12/h8H,3-7H2,1-2H3,(H,16,17)(H2,13,14,18)/t8-/m1/s1. The Morgan fingerprint density at radius 2 is 2.05 bits per heavy atom. The van der Waals surface area contributed by atoms with Crippen molar-refractivity contribution in [3.8, 4) is 0 Å². The molecule has 0 radical (unpaired) electrons. The maximum absolute atomic E-state index is 11.7. The van der Waals surface area contributed by atoms with Crippen LogP contribution in [0, 0.1) is 0 Å². The number of urea groups is 1. The average molecular weight is 304 g/mol. The highest BCUT2D eigenvalue weighted by atomic mass is 32.2. The number of carbonyl (C=O) groups excluding carboxylic acids is 2. The predicted octanol–water partition coefficient (Wildman–Crippen LogP) is 0.588. The van der Waals surface area contributed by atoms with Gasteiger partial charge < -0.3 is 20.5 Å². The molecule has 1 rings (SSSR count). The molecule has 1 aliphatic carbocycles. The second kappa shape index (κ2) is 7.37. The Balaban J connectivity index is 2.34. The van der Waals surface area contributed by atoms with Gasteiger partial charge in [0.25, 0.3) is 0 Å². The third kappa shape index (κ3) is 5.28. The molecule has 1 saturated carbocycles. The van der Waals surface area contributed by atoms with Gasteiger partial charge in [-0.25, -0.2) is 9.59 Å². The number of amides is 2. The van der Waals surface area contributed by atoms with Crippen molar-refractivity contribution in [2.75, 3.05) is 19.9 Å². The molecule has 0 aliphatic heterocycles. The normalized spacial score (nSPS) is 16.9. The highest BCUT2D eigenvalue weighted by molar-refractivity contribution is 8.00. The van der Waals surface area contributed by atoms with Crippen LogP contribution in [-0.4, -0.2) is 53.8 Å². The number of carbonyl (C=O) groups is 3. The zero-order valence-electron chi connectivity index (χ0n) is 11.6. The summed E-state index contributed by atoms with van der Waals surface area (Å²) in [4.78, 5) is 33.6. The zero-order valence-corrected chi connectivity index (χ0v) is 12.4. The van der Waals surface area contributed by atoms with Crippen LogP contribution in [0.25, 0.3) is 0 Å². The summed E-state index contributed by atoms with van der Waals surface area (Å²) >= 11 is 1.70. The van der Waals surface area contributed by atoms with E-state index < -0.39 is 24.0 Å². The molecule has 0 spiro atoms. The topological polar surface area (TPSA) is 105 Å². The van der Waals surface area contributed by atoms with Crippen molar-refractivity contribution >= 4 is 29.7 Å². The summed E-state index contributed by atoms with van der Waals surface area (Å²) in [7, 11) is 1.23. The van der Waals surface area contributed by atoms with Gasteiger partial charge in [0.1, 0.15) is 6.04 Å². The summed E-state index contributed by atoms with van der Waals surface area (Å²) in [5, 5.41) is 14.0. The smallest absolute Gasteiger partial charge is 0.326 e. The van der Waals surface area contributed by atoms with Crippen molar-refractivity contribution in [1.29, 1.82) is 0 Å². The first kappa shape index (κ1) is 16.6. The van der Waals surface area contributed by atoms with Crippen LogP contribution in [-0.2, 0) is 14.3 Å². The molecule has 7 nitrogen and oxygen atoms in total. The number of carboxylic acid groups (broad SMARTS) is 1. The summed E-state index contributed by atoms with van der Waals surface area (Å²) in [5.74, 6) is -1.67. The van der Waals surface area contributed by atoms with Gasteiger partial charge in [0, 0.05) is 17.7 Å². The van der Waals surface area contributed by atoms with Crippen LogP contribution in [0.15, 0.2) is 0 Å². The van der Waals surface area contributed by atoms with Gasteiger partial charge in [-0.2, -0.15) is 11.8 Å². The lowest BCUT2D eigenvalue weighted by atomic mass is 10.1. The quantitative estimate of drug-likeness (QED) is 0.567. The van der Waals surface area contributed by atoms with Gasteiger partial charge in [0.05, 0.1) is 7.11 Å². The van der Waals surface area contributed by atoms with Crippen LogP contribution in [0.3, 0.4) is 0 Å². The maximum Gasteiger partial charge on any atom is 0.326 e. The fraction of sp³-hybridized carbons (Fsp3) is 0.750. The molecule has 2 amide bonds. The first-order chi connectivity index (χ1) is 9.42. The molecule has 114 valence electrons. The molecule has 0 saturated heterocycles. The van der Waals surface area contributed by atoms with Crippen molar-refractivity contribution in [3.63, 3.8) is 0 Å². The largest absolute Gasteiger partial charge is 0.480 e. The number of hydrogen-bond acceptors (Lipinski definition) is 5. The molecule has 0 heterocycles. The van der Waals surface area contributed by atoms with Gasteiger partial charge in [0.15, 0.2) is 0 Å². The number of methoxy groups -OCH3 is 1. The van der Waals surface area contributed by atoms with E-state index in [1.165, 1.54) is 7.11 Å². The van der Waals surface area contributed by atoms with Crippen LogP contribution >= 0.6 is 11.8 Å². The zero-order chi connectivity index (χ0) is 15.2. The number of aliphatic carboxylic acids is 1. The number of thioether (sulfide) groups is 1. The Kier molecular flexibility index (Phi) is 6.12. The minimum Gasteiger partial charge on any atom is -0.480 e. The second-order valence-corrected chi connectivity index (χ2v) is 5.99. The van der Waals surface area contributed by atoms with E-state index in [1.54, 1.807) is 11.8 Å². The van der Waals surface area contributed by atoms with Crippen LogP contribution in [0.4, 0.5) is 4.79 Å². The van der Waals surface area contributed by atoms with Gasteiger partial charge in [0.2, 0.25) is 0 Å². The van der Waals surface area contributed by atoms with Crippen LogP contribution in [0.2, 0.25) is 0 Å². The Hall–Kier alpha value is -1.44. The molecule has 0 aromatic rings. The monoisotopic (exact) mass is 304 g/mol. The van der Waals surface area contributed by atoms with Crippen molar-refractivity contribution in [1.82, 2.24) is 10.6 Å². The molecule has 0 unspecified atom stereocenters. The lowest BCUT2D eigenvalue weighted by molar-refractivity contribution is -0.142. The predicted molar refractivity (Wildman–Crippen MR) is 74.7 cm³/mol. The van der Waals surface area contributed by atoms with Gasteiger partial charge in [-0.3, -0.25) is 4.79 Å². The van der Waals surface area contributed by atoms with E-state index >= 15 is 0 Å². The lowest BCUT2D eigenvalue weighted by Crippen LogP contribution is -2.47. The van der Waals surface area contributed by atoms with Gasteiger partial charge in [-0.05, 0) is 25.5 Å².